The van der Waals surface area contributed by atoms with Crippen molar-refractivity contribution in [1.82, 2.24) is 9.97 Å². The SMILES string of the molecule is CNc1nc(-c2c(F)cccc2F)nc2cc(Cl)ccc12. The number of benzene rings is 2. The Morgan fingerprint density at radius 2 is 1.76 bits per heavy atom. The molecule has 0 saturated carbocycles. The van der Waals surface area contributed by atoms with Gasteiger partial charge < -0.3 is 5.32 Å². The second kappa shape index (κ2) is 5.26. The zero-order chi connectivity index (χ0) is 15.0. The first-order valence-electron chi connectivity index (χ1n) is 6.19. The molecular formula is C15H10ClF2N3. The molecule has 1 N–H and O–H groups in total. The summed E-state index contributed by atoms with van der Waals surface area (Å²) in [7, 11) is 1.68. The van der Waals surface area contributed by atoms with Crippen molar-refractivity contribution in [3.63, 3.8) is 0 Å². The summed E-state index contributed by atoms with van der Waals surface area (Å²) in [6, 6.07) is 8.72. The van der Waals surface area contributed by atoms with E-state index in [4.69, 9.17) is 11.6 Å². The zero-order valence-corrected chi connectivity index (χ0v) is 11.7. The Labute approximate surface area is 124 Å². The van der Waals surface area contributed by atoms with E-state index >= 15 is 0 Å². The maximum Gasteiger partial charge on any atom is 0.168 e. The summed E-state index contributed by atoms with van der Waals surface area (Å²) in [6.07, 6.45) is 0. The summed E-state index contributed by atoms with van der Waals surface area (Å²) < 4.78 is 27.8. The Morgan fingerprint density at radius 1 is 1.05 bits per heavy atom. The molecule has 6 heteroatoms. The summed E-state index contributed by atoms with van der Waals surface area (Å²) >= 11 is 5.95. The highest BCUT2D eigenvalue weighted by Crippen LogP contribution is 2.29. The van der Waals surface area contributed by atoms with Crippen LogP contribution in [0.3, 0.4) is 0 Å². The summed E-state index contributed by atoms with van der Waals surface area (Å²) in [5.74, 6) is -0.962. The zero-order valence-electron chi connectivity index (χ0n) is 11.0. The molecule has 1 aromatic heterocycles. The number of halogens is 3. The van der Waals surface area contributed by atoms with E-state index in [-0.39, 0.29) is 11.4 Å². The molecule has 0 amide bonds. The van der Waals surface area contributed by atoms with Gasteiger partial charge in [-0.1, -0.05) is 17.7 Å². The molecule has 0 bridgehead atoms. The minimum absolute atomic E-state index is 0.0234. The van der Waals surface area contributed by atoms with E-state index in [9.17, 15) is 8.78 Å². The molecular weight excluding hydrogens is 296 g/mol. The molecule has 0 radical (unpaired) electrons. The maximum atomic E-state index is 13.9. The molecule has 0 fully saturated rings. The van der Waals surface area contributed by atoms with Crippen molar-refractivity contribution in [2.24, 2.45) is 0 Å². The van der Waals surface area contributed by atoms with Gasteiger partial charge in [-0.15, -0.1) is 0 Å². The van der Waals surface area contributed by atoms with Crippen LogP contribution in [0.5, 0.6) is 0 Å². The van der Waals surface area contributed by atoms with Gasteiger partial charge in [-0.05, 0) is 30.3 Å². The highest BCUT2D eigenvalue weighted by atomic mass is 35.5. The van der Waals surface area contributed by atoms with Gasteiger partial charge in [0, 0.05) is 17.5 Å². The lowest BCUT2D eigenvalue weighted by molar-refractivity contribution is 0.587. The molecule has 0 saturated heterocycles. The van der Waals surface area contributed by atoms with Gasteiger partial charge in [0.1, 0.15) is 17.5 Å². The Kier molecular flexibility index (Phi) is 3.43. The molecule has 21 heavy (non-hydrogen) atoms. The van der Waals surface area contributed by atoms with E-state index in [0.717, 1.165) is 5.39 Å². The van der Waals surface area contributed by atoms with E-state index in [0.29, 0.717) is 16.4 Å². The molecule has 0 aliphatic carbocycles. The normalized spacial score (nSPS) is 10.9. The van der Waals surface area contributed by atoms with Crippen molar-refractivity contribution in [2.45, 2.75) is 0 Å². The molecule has 0 unspecified atom stereocenters. The van der Waals surface area contributed by atoms with Crippen LogP contribution in [0.1, 0.15) is 0 Å². The van der Waals surface area contributed by atoms with Gasteiger partial charge >= 0.3 is 0 Å². The van der Waals surface area contributed by atoms with Gasteiger partial charge in [-0.2, -0.15) is 0 Å². The van der Waals surface area contributed by atoms with Crippen molar-refractivity contribution >= 4 is 28.3 Å². The van der Waals surface area contributed by atoms with E-state index < -0.39 is 11.6 Å². The number of anilines is 1. The predicted octanol–water partition coefficient (Wildman–Crippen LogP) is 4.27. The monoisotopic (exact) mass is 305 g/mol. The number of rotatable bonds is 2. The second-order valence-electron chi connectivity index (χ2n) is 4.40. The maximum absolute atomic E-state index is 13.9. The van der Waals surface area contributed by atoms with Gasteiger partial charge in [0.25, 0.3) is 0 Å². The molecule has 2 aromatic carbocycles. The lowest BCUT2D eigenvalue weighted by Gasteiger charge is -2.09. The van der Waals surface area contributed by atoms with Crippen LogP contribution in [0.4, 0.5) is 14.6 Å². The van der Waals surface area contributed by atoms with Crippen molar-refractivity contribution in [1.29, 1.82) is 0 Å². The molecule has 0 atom stereocenters. The van der Waals surface area contributed by atoms with Crippen LogP contribution >= 0.6 is 11.6 Å². The van der Waals surface area contributed by atoms with Gasteiger partial charge in [0.05, 0.1) is 11.1 Å². The fourth-order valence-corrected chi connectivity index (χ4v) is 2.28. The van der Waals surface area contributed by atoms with Crippen molar-refractivity contribution < 1.29 is 8.78 Å². The van der Waals surface area contributed by atoms with Crippen LogP contribution in [-0.2, 0) is 0 Å². The quantitative estimate of drug-likeness (QED) is 0.768. The molecule has 106 valence electrons. The minimum atomic E-state index is -0.710. The predicted molar refractivity (Wildman–Crippen MR) is 79.4 cm³/mol. The standard InChI is InChI=1S/C15H10ClF2N3/c1-19-14-9-6-5-8(16)7-12(9)20-15(21-14)13-10(17)3-2-4-11(13)18/h2-7H,1H3,(H,19,20,21). The first-order valence-corrected chi connectivity index (χ1v) is 6.57. The smallest absolute Gasteiger partial charge is 0.168 e. The molecule has 3 aromatic rings. The summed E-state index contributed by atoms with van der Waals surface area (Å²) in [5, 5.41) is 4.11. The van der Waals surface area contributed by atoms with Crippen LogP contribution in [0.15, 0.2) is 36.4 Å². The van der Waals surface area contributed by atoms with Crippen molar-refractivity contribution in [3.8, 4) is 11.4 Å². The van der Waals surface area contributed by atoms with Crippen molar-refractivity contribution in [3.05, 3.63) is 53.1 Å². The van der Waals surface area contributed by atoms with E-state index in [1.54, 1.807) is 25.2 Å². The Balaban J connectivity index is 2.33. The molecule has 3 nitrogen and oxygen atoms in total. The van der Waals surface area contributed by atoms with Gasteiger partial charge in [-0.25, -0.2) is 18.7 Å². The largest absolute Gasteiger partial charge is 0.373 e. The fourth-order valence-electron chi connectivity index (χ4n) is 2.12. The third-order valence-electron chi connectivity index (χ3n) is 3.08. The lowest BCUT2D eigenvalue weighted by Crippen LogP contribution is -2.01. The molecule has 0 aliphatic heterocycles. The third-order valence-corrected chi connectivity index (χ3v) is 3.32. The van der Waals surface area contributed by atoms with Crippen LogP contribution in [0.2, 0.25) is 5.02 Å². The first-order chi connectivity index (χ1) is 10.1. The molecule has 0 spiro atoms. The average Bonchev–Trinajstić information content (AvgIpc) is 2.45. The second-order valence-corrected chi connectivity index (χ2v) is 4.84. The Morgan fingerprint density at radius 3 is 2.43 bits per heavy atom. The van der Waals surface area contributed by atoms with E-state index in [1.807, 2.05) is 0 Å². The lowest BCUT2D eigenvalue weighted by atomic mass is 10.1. The molecule has 0 aliphatic rings. The van der Waals surface area contributed by atoms with Crippen LogP contribution in [0.25, 0.3) is 22.3 Å². The average molecular weight is 306 g/mol. The first kappa shape index (κ1) is 13.7. The Hall–Kier alpha value is -2.27. The molecule has 1 heterocycles. The number of hydrogen-bond acceptors (Lipinski definition) is 3. The topological polar surface area (TPSA) is 37.8 Å². The molecule has 3 rings (SSSR count). The number of hydrogen-bond donors (Lipinski definition) is 1. The number of nitrogens with zero attached hydrogens (tertiary/aromatic N) is 2. The van der Waals surface area contributed by atoms with E-state index in [2.05, 4.69) is 15.3 Å². The van der Waals surface area contributed by atoms with Gasteiger partial charge in [-0.3, -0.25) is 0 Å². The summed E-state index contributed by atoms with van der Waals surface area (Å²) in [6.45, 7) is 0. The summed E-state index contributed by atoms with van der Waals surface area (Å²) in [5.41, 5.74) is 0.260. The highest BCUT2D eigenvalue weighted by Gasteiger charge is 2.16. The van der Waals surface area contributed by atoms with Crippen LogP contribution in [-0.4, -0.2) is 17.0 Å². The minimum Gasteiger partial charge on any atom is -0.373 e. The highest BCUT2D eigenvalue weighted by molar-refractivity contribution is 6.31. The van der Waals surface area contributed by atoms with Crippen molar-refractivity contribution in [2.75, 3.05) is 12.4 Å². The third kappa shape index (κ3) is 2.40. The number of fused-ring (bicyclic) bond motifs is 1. The summed E-state index contributed by atoms with van der Waals surface area (Å²) in [4.78, 5) is 8.42. The van der Waals surface area contributed by atoms with Crippen LogP contribution < -0.4 is 5.32 Å². The van der Waals surface area contributed by atoms with Gasteiger partial charge in [0.2, 0.25) is 0 Å². The number of nitrogens with one attached hydrogen (secondary N) is 1. The van der Waals surface area contributed by atoms with Gasteiger partial charge in [0.15, 0.2) is 5.82 Å². The fraction of sp³-hybridized carbons (Fsp3) is 0.0667. The van der Waals surface area contributed by atoms with Crippen LogP contribution in [0, 0.1) is 11.6 Å². The number of aromatic nitrogens is 2. The Bertz CT molecular complexity index is 816. The van der Waals surface area contributed by atoms with E-state index in [1.165, 1.54) is 18.2 Å².